The van der Waals surface area contributed by atoms with E-state index in [1.807, 2.05) is 18.2 Å². The molecule has 1 radical (unpaired) electrons. The van der Waals surface area contributed by atoms with Crippen LogP contribution in [0, 0.1) is 17.2 Å². The SMILES string of the molecule is N#C[C]1CCN(CCc2ccccc2)C(C(N)=O)C1. The van der Waals surface area contributed by atoms with Gasteiger partial charge in [0.2, 0.25) is 5.91 Å². The van der Waals surface area contributed by atoms with Gasteiger partial charge in [0.1, 0.15) is 0 Å². The second-order valence-corrected chi connectivity index (χ2v) is 4.86. The summed E-state index contributed by atoms with van der Waals surface area (Å²) < 4.78 is 0. The first kappa shape index (κ1) is 13.6. The summed E-state index contributed by atoms with van der Waals surface area (Å²) in [5, 5.41) is 8.93. The van der Waals surface area contributed by atoms with E-state index < -0.39 is 0 Å². The lowest BCUT2D eigenvalue weighted by atomic mass is 9.91. The number of carbonyl (C=O) groups excluding carboxylic acids is 1. The quantitative estimate of drug-likeness (QED) is 0.882. The minimum absolute atomic E-state index is 0.327. The summed E-state index contributed by atoms with van der Waals surface area (Å²) in [6, 6.07) is 12.0. The Morgan fingerprint density at radius 3 is 2.79 bits per heavy atom. The summed E-state index contributed by atoms with van der Waals surface area (Å²) in [4.78, 5) is 13.6. The molecule has 19 heavy (non-hydrogen) atoms. The van der Waals surface area contributed by atoms with Crippen molar-refractivity contribution in [3.63, 3.8) is 0 Å². The summed E-state index contributed by atoms with van der Waals surface area (Å²) in [5.41, 5.74) is 6.69. The number of primary amides is 1. The highest BCUT2D eigenvalue weighted by atomic mass is 16.1. The summed E-state index contributed by atoms with van der Waals surface area (Å²) in [6.45, 7) is 1.54. The van der Waals surface area contributed by atoms with Crippen LogP contribution in [0.25, 0.3) is 0 Å². The second kappa shape index (κ2) is 6.35. The molecule has 0 aromatic heterocycles. The zero-order valence-corrected chi connectivity index (χ0v) is 10.9. The Hall–Kier alpha value is -1.86. The maximum atomic E-state index is 11.5. The Labute approximate surface area is 113 Å². The van der Waals surface area contributed by atoms with Crippen molar-refractivity contribution in [2.45, 2.75) is 25.3 Å². The fourth-order valence-corrected chi connectivity index (χ4v) is 2.47. The van der Waals surface area contributed by atoms with E-state index in [2.05, 4.69) is 23.1 Å². The first-order valence-electron chi connectivity index (χ1n) is 6.53. The molecule has 1 amide bonds. The molecule has 2 N–H and O–H groups in total. The number of rotatable bonds is 4. The van der Waals surface area contributed by atoms with Crippen molar-refractivity contribution < 1.29 is 4.79 Å². The number of likely N-dealkylation sites (tertiary alicyclic amines) is 1. The molecule has 2 rings (SSSR count). The van der Waals surface area contributed by atoms with Crippen LogP contribution in [0.1, 0.15) is 18.4 Å². The molecule has 4 heteroatoms. The topological polar surface area (TPSA) is 70.1 Å². The Bertz CT molecular complexity index is 466. The Balaban J connectivity index is 1.95. The minimum Gasteiger partial charge on any atom is -0.368 e. The number of hydrogen-bond donors (Lipinski definition) is 1. The van der Waals surface area contributed by atoms with Crippen LogP contribution in [-0.2, 0) is 11.2 Å². The van der Waals surface area contributed by atoms with E-state index in [4.69, 9.17) is 11.0 Å². The molecule has 1 aromatic carbocycles. The number of piperidine rings is 1. The maximum absolute atomic E-state index is 11.5. The van der Waals surface area contributed by atoms with E-state index >= 15 is 0 Å². The van der Waals surface area contributed by atoms with Gasteiger partial charge in [0.05, 0.1) is 18.0 Å². The Morgan fingerprint density at radius 2 is 2.16 bits per heavy atom. The standard InChI is InChI=1S/C15H18N3O/c16-11-13-7-9-18(14(10-13)15(17)19)8-6-12-4-2-1-3-5-12/h1-5,14H,6-10H2,(H2,17,19). The molecular formula is C15H18N3O. The van der Waals surface area contributed by atoms with Gasteiger partial charge in [0, 0.05) is 13.1 Å². The molecule has 1 aromatic rings. The summed E-state index contributed by atoms with van der Waals surface area (Å²) in [7, 11) is 0. The van der Waals surface area contributed by atoms with Gasteiger partial charge in [-0.1, -0.05) is 30.3 Å². The lowest BCUT2D eigenvalue weighted by Crippen LogP contribution is -2.49. The lowest BCUT2D eigenvalue weighted by molar-refractivity contribution is -0.123. The van der Waals surface area contributed by atoms with Crippen LogP contribution >= 0.6 is 0 Å². The molecule has 0 spiro atoms. The van der Waals surface area contributed by atoms with Gasteiger partial charge in [0.25, 0.3) is 0 Å². The molecule has 1 atom stereocenters. The van der Waals surface area contributed by atoms with Gasteiger partial charge in [-0.2, -0.15) is 5.26 Å². The molecule has 1 aliphatic rings. The van der Waals surface area contributed by atoms with Gasteiger partial charge in [-0.3, -0.25) is 9.69 Å². The van der Waals surface area contributed by atoms with Crippen LogP contribution in [0.5, 0.6) is 0 Å². The molecule has 1 aliphatic heterocycles. The normalized spacial score (nSPS) is 20.9. The summed E-state index contributed by atoms with van der Waals surface area (Å²) in [6.07, 6.45) is 2.13. The molecule has 4 nitrogen and oxygen atoms in total. The minimum atomic E-state index is -0.333. The van der Waals surface area contributed by atoms with Gasteiger partial charge in [0.15, 0.2) is 0 Å². The van der Waals surface area contributed by atoms with Gasteiger partial charge in [-0.05, 0) is 24.8 Å². The zero-order chi connectivity index (χ0) is 13.7. The molecule has 1 fully saturated rings. The smallest absolute Gasteiger partial charge is 0.234 e. The van der Waals surface area contributed by atoms with Gasteiger partial charge in [-0.15, -0.1) is 0 Å². The van der Waals surface area contributed by atoms with Crippen LogP contribution in [0.15, 0.2) is 30.3 Å². The van der Waals surface area contributed by atoms with E-state index in [0.29, 0.717) is 6.42 Å². The van der Waals surface area contributed by atoms with Crippen molar-refractivity contribution in [1.29, 1.82) is 5.26 Å². The Morgan fingerprint density at radius 1 is 1.42 bits per heavy atom. The molecule has 1 saturated heterocycles. The van der Waals surface area contributed by atoms with Crippen LogP contribution in [0.4, 0.5) is 0 Å². The van der Waals surface area contributed by atoms with Gasteiger partial charge in [-0.25, -0.2) is 0 Å². The van der Waals surface area contributed by atoms with E-state index in [1.165, 1.54) is 5.56 Å². The number of nitriles is 1. The van der Waals surface area contributed by atoms with Gasteiger partial charge >= 0.3 is 0 Å². The molecule has 0 saturated carbocycles. The number of nitrogens with two attached hydrogens (primary N) is 1. The Kier molecular flexibility index (Phi) is 4.53. The fraction of sp³-hybridized carbons (Fsp3) is 0.400. The average molecular weight is 256 g/mol. The highest BCUT2D eigenvalue weighted by Gasteiger charge is 2.32. The number of benzene rings is 1. The highest BCUT2D eigenvalue weighted by molar-refractivity contribution is 5.80. The molecule has 99 valence electrons. The summed E-state index contributed by atoms with van der Waals surface area (Å²) >= 11 is 0. The second-order valence-electron chi connectivity index (χ2n) is 4.86. The molecular weight excluding hydrogens is 238 g/mol. The van der Waals surface area contributed by atoms with Crippen molar-refractivity contribution >= 4 is 5.91 Å². The number of carbonyl (C=O) groups is 1. The predicted molar refractivity (Wildman–Crippen MR) is 72.8 cm³/mol. The van der Waals surface area contributed by atoms with E-state index in [0.717, 1.165) is 31.8 Å². The van der Waals surface area contributed by atoms with Crippen molar-refractivity contribution in [2.75, 3.05) is 13.1 Å². The van der Waals surface area contributed by atoms with Crippen LogP contribution in [-0.4, -0.2) is 29.9 Å². The van der Waals surface area contributed by atoms with Crippen molar-refractivity contribution in [3.05, 3.63) is 41.8 Å². The molecule has 0 aliphatic carbocycles. The van der Waals surface area contributed by atoms with Crippen LogP contribution in [0.3, 0.4) is 0 Å². The van der Waals surface area contributed by atoms with E-state index in [-0.39, 0.29) is 11.9 Å². The fourth-order valence-electron chi connectivity index (χ4n) is 2.47. The number of hydrogen-bond acceptors (Lipinski definition) is 3. The summed E-state index contributed by atoms with van der Waals surface area (Å²) in [5.74, 6) is 0.445. The first-order chi connectivity index (χ1) is 9.20. The maximum Gasteiger partial charge on any atom is 0.234 e. The van der Waals surface area contributed by atoms with E-state index in [1.54, 1.807) is 0 Å². The third kappa shape index (κ3) is 3.55. The van der Waals surface area contributed by atoms with Crippen LogP contribution < -0.4 is 5.73 Å². The van der Waals surface area contributed by atoms with Crippen molar-refractivity contribution in [3.8, 4) is 6.07 Å². The molecule has 1 unspecified atom stereocenters. The lowest BCUT2D eigenvalue weighted by Gasteiger charge is -2.35. The predicted octanol–water partition coefficient (Wildman–Crippen LogP) is 1.28. The molecule has 1 heterocycles. The average Bonchev–Trinajstić information content (AvgIpc) is 2.46. The highest BCUT2D eigenvalue weighted by Crippen LogP contribution is 2.24. The van der Waals surface area contributed by atoms with Crippen LogP contribution in [0.2, 0.25) is 0 Å². The zero-order valence-electron chi connectivity index (χ0n) is 10.9. The van der Waals surface area contributed by atoms with E-state index in [9.17, 15) is 4.79 Å². The first-order valence-corrected chi connectivity index (χ1v) is 6.53. The van der Waals surface area contributed by atoms with Crippen molar-refractivity contribution in [2.24, 2.45) is 5.73 Å². The molecule has 0 bridgehead atoms. The largest absolute Gasteiger partial charge is 0.368 e. The van der Waals surface area contributed by atoms with Gasteiger partial charge < -0.3 is 5.73 Å². The third-order valence-electron chi connectivity index (χ3n) is 3.60. The number of nitrogens with zero attached hydrogens (tertiary/aromatic N) is 2. The third-order valence-corrected chi connectivity index (χ3v) is 3.60. The number of amides is 1. The van der Waals surface area contributed by atoms with Crippen molar-refractivity contribution in [1.82, 2.24) is 4.90 Å². The monoisotopic (exact) mass is 256 g/mol.